The molecule has 1 N–H and O–H groups in total. The number of fused-ring (bicyclic) bond motifs is 1. The van der Waals surface area contributed by atoms with E-state index >= 15 is 0 Å². The van der Waals surface area contributed by atoms with Crippen molar-refractivity contribution in [3.63, 3.8) is 0 Å². The number of rotatable bonds is 7. The lowest BCUT2D eigenvalue weighted by molar-refractivity contribution is 0.0652. The van der Waals surface area contributed by atoms with Crippen molar-refractivity contribution >= 4 is 23.4 Å². The largest absolute Gasteiger partial charge is 0.355 e. The Kier molecular flexibility index (Phi) is 7.77. The quantitative estimate of drug-likeness (QED) is 0.416. The molecule has 10 heteroatoms. The van der Waals surface area contributed by atoms with E-state index in [1.54, 1.807) is 40.8 Å². The topological polar surface area (TPSA) is 84.3 Å². The predicted molar refractivity (Wildman–Crippen MR) is 148 cm³/mol. The zero-order valence-electron chi connectivity index (χ0n) is 22.6. The van der Waals surface area contributed by atoms with Gasteiger partial charge in [-0.2, -0.15) is 0 Å². The summed E-state index contributed by atoms with van der Waals surface area (Å²) in [4.78, 5) is 46.0. The Balaban J connectivity index is 1.53. The second-order valence-corrected chi connectivity index (χ2v) is 11.2. The molecular formula is C30H31ClF2N4O3. The molecule has 0 unspecified atom stereocenters. The number of nitrogens with zero attached hydrogens (tertiary/aromatic N) is 3. The van der Waals surface area contributed by atoms with Gasteiger partial charge in [0.25, 0.3) is 23.8 Å². The summed E-state index contributed by atoms with van der Waals surface area (Å²) in [5, 5.41) is 2.50. The second-order valence-electron chi connectivity index (χ2n) is 10.8. The molecule has 0 saturated heterocycles. The molecule has 1 aromatic heterocycles. The molecule has 3 aromatic rings. The average molecular weight is 569 g/mol. The fourth-order valence-electron chi connectivity index (χ4n) is 5.42. The highest BCUT2D eigenvalue weighted by Gasteiger charge is 2.34. The van der Waals surface area contributed by atoms with Crippen molar-refractivity contribution in [3.8, 4) is 5.69 Å². The van der Waals surface area contributed by atoms with Crippen molar-refractivity contribution in [1.82, 2.24) is 19.8 Å². The van der Waals surface area contributed by atoms with Gasteiger partial charge in [-0.15, -0.1) is 0 Å². The molecule has 2 atom stereocenters. The van der Waals surface area contributed by atoms with E-state index in [4.69, 9.17) is 16.6 Å². The highest BCUT2D eigenvalue weighted by Crippen LogP contribution is 2.38. The zero-order chi connectivity index (χ0) is 28.7. The molecule has 2 heterocycles. The number of nitrogens with one attached hydrogen (secondary N) is 1. The van der Waals surface area contributed by atoms with Gasteiger partial charge in [0.1, 0.15) is 5.82 Å². The van der Waals surface area contributed by atoms with E-state index in [1.807, 2.05) is 6.92 Å². The summed E-state index contributed by atoms with van der Waals surface area (Å²) in [6.07, 6.45) is 0.359. The van der Waals surface area contributed by atoms with Gasteiger partial charge in [-0.1, -0.05) is 18.5 Å². The monoisotopic (exact) mass is 568 g/mol. The Labute approximate surface area is 236 Å². The molecule has 1 aliphatic carbocycles. The van der Waals surface area contributed by atoms with Gasteiger partial charge in [0.2, 0.25) is 0 Å². The van der Waals surface area contributed by atoms with Crippen LogP contribution in [0.25, 0.3) is 5.69 Å². The molecule has 0 spiro atoms. The molecule has 1 saturated carbocycles. The molecule has 2 amide bonds. The van der Waals surface area contributed by atoms with Crippen molar-refractivity contribution in [2.45, 2.75) is 58.5 Å². The highest BCUT2D eigenvalue weighted by atomic mass is 35.5. The van der Waals surface area contributed by atoms with Crippen LogP contribution < -0.4 is 10.9 Å². The third-order valence-corrected chi connectivity index (χ3v) is 8.31. The minimum atomic E-state index is -2.80. The number of benzene rings is 2. The maximum absolute atomic E-state index is 14.0. The summed E-state index contributed by atoms with van der Waals surface area (Å²) in [6, 6.07) is 10.4. The molecule has 1 aliphatic heterocycles. The van der Waals surface area contributed by atoms with E-state index in [-0.39, 0.29) is 41.1 Å². The lowest BCUT2D eigenvalue weighted by Crippen LogP contribution is -2.46. The molecule has 1 fully saturated rings. The van der Waals surface area contributed by atoms with Crippen LogP contribution in [0.4, 0.5) is 8.78 Å². The first-order valence-electron chi connectivity index (χ1n) is 13.4. The molecule has 40 heavy (non-hydrogen) atoms. The summed E-state index contributed by atoms with van der Waals surface area (Å²) in [5.41, 5.74) is 1.69. The van der Waals surface area contributed by atoms with Crippen LogP contribution in [-0.2, 0) is 19.4 Å². The Morgan fingerprint density at radius 2 is 1.80 bits per heavy atom. The number of hydrogen-bond donors (Lipinski definition) is 1. The fraction of sp³-hybridized carbons (Fsp3) is 0.400. The molecule has 2 aliphatic rings. The number of alkyl halides is 2. The van der Waals surface area contributed by atoms with Crippen molar-refractivity contribution < 1.29 is 18.4 Å². The van der Waals surface area contributed by atoms with Crippen LogP contribution in [0.15, 0.2) is 47.3 Å². The fourth-order valence-corrected chi connectivity index (χ4v) is 5.62. The number of carbonyl (C=O) groups excluding carboxylic acids is 2. The number of aromatic nitrogens is 2. The smallest absolute Gasteiger partial charge is 0.265 e. The lowest BCUT2D eigenvalue weighted by atomic mass is 9.97. The number of halogens is 3. The minimum absolute atomic E-state index is 0.0939. The van der Waals surface area contributed by atoms with Gasteiger partial charge in [-0.05, 0) is 80.5 Å². The zero-order valence-corrected chi connectivity index (χ0v) is 23.3. The first kappa shape index (κ1) is 28.0. The van der Waals surface area contributed by atoms with Crippen LogP contribution in [0.3, 0.4) is 0 Å². The van der Waals surface area contributed by atoms with E-state index in [9.17, 15) is 23.2 Å². The van der Waals surface area contributed by atoms with Crippen LogP contribution in [0.2, 0.25) is 5.02 Å². The summed E-state index contributed by atoms with van der Waals surface area (Å²) in [5.74, 6) is 0.877. The summed E-state index contributed by atoms with van der Waals surface area (Å²) < 4.78 is 28.5. The van der Waals surface area contributed by atoms with Gasteiger partial charge < -0.3 is 10.2 Å². The number of amides is 2. The normalized spacial score (nSPS) is 17.5. The maximum atomic E-state index is 14.0. The third-order valence-electron chi connectivity index (χ3n) is 7.97. The number of hydrogen-bond acceptors (Lipinski definition) is 4. The maximum Gasteiger partial charge on any atom is 0.265 e. The van der Waals surface area contributed by atoms with Crippen molar-refractivity contribution in [1.29, 1.82) is 0 Å². The van der Waals surface area contributed by atoms with Gasteiger partial charge >= 0.3 is 0 Å². The van der Waals surface area contributed by atoms with Crippen molar-refractivity contribution in [2.75, 3.05) is 7.05 Å². The van der Waals surface area contributed by atoms with Gasteiger partial charge in [-0.3, -0.25) is 19.0 Å². The molecular weight excluding hydrogens is 538 g/mol. The van der Waals surface area contributed by atoms with E-state index in [0.717, 1.165) is 18.9 Å². The Hall–Kier alpha value is -3.59. The van der Waals surface area contributed by atoms with Crippen LogP contribution >= 0.6 is 11.6 Å². The van der Waals surface area contributed by atoms with Crippen LogP contribution in [-0.4, -0.2) is 39.4 Å². The van der Waals surface area contributed by atoms with E-state index in [0.29, 0.717) is 46.6 Å². The van der Waals surface area contributed by atoms with Crippen molar-refractivity contribution in [2.24, 2.45) is 11.8 Å². The standard InChI is InChI=1S/C30H31ClF2N4O3/c1-16(18-4-5-18)12-26-35-25-15-36(29(39)20-8-11-24(31)22(14-20)27(32)33)17(2)13-23(25)30(40)37(26)21-9-6-19(7-10-21)28(38)34-3/h6-11,14,16-18,27H,4-5,12-13,15H2,1-3H3,(H,34,38)/t16-,17-/m1/s1. The first-order valence-corrected chi connectivity index (χ1v) is 13.8. The molecule has 0 bridgehead atoms. The lowest BCUT2D eigenvalue weighted by Gasteiger charge is -2.35. The average Bonchev–Trinajstić information content (AvgIpc) is 3.79. The summed E-state index contributed by atoms with van der Waals surface area (Å²) >= 11 is 5.91. The van der Waals surface area contributed by atoms with Crippen molar-refractivity contribution in [3.05, 3.63) is 91.6 Å². The molecule has 2 aromatic carbocycles. The summed E-state index contributed by atoms with van der Waals surface area (Å²) in [6.45, 7) is 4.08. The second kappa shape index (κ2) is 11.1. The first-order chi connectivity index (χ1) is 19.1. The van der Waals surface area contributed by atoms with Crippen LogP contribution in [0.1, 0.15) is 76.5 Å². The predicted octanol–water partition coefficient (Wildman–Crippen LogP) is 5.36. The SMILES string of the molecule is CNC(=O)c1ccc(-n2c(C[C@@H](C)C3CC3)nc3c(c2=O)C[C@@H](C)N(C(=O)c2ccc(Cl)c(C(F)F)c2)C3)cc1. The Morgan fingerprint density at radius 1 is 1.12 bits per heavy atom. The van der Waals surface area contributed by atoms with Gasteiger partial charge in [-0.25, -0.2) is 13.8 Å². The minimum Gasteiger partial charge on any atom is -0.355 e. The Bertz CT molecular complexity index is 1520. The highest BCUT2D eigenvalue weighted by molar-refractivity contribution is 6.31. The Morgan fingerprint density at radius 3 is 2.42 bits per heavy atom. The van der Waals surface area contributed by atoms with Crippen LogP contribution in [0.5, 0.6) is 0 Å². The molecule has 0 radical (unpaired) electrons. The van der Waals surface area contributed by atoms with Gasteiger partial charge in [0.05, 0.1) is 17.9 Å². The summed E-state index contributed by atoms with van der Waals surface area (Å²) in [7, 11) is 1.56. The molecule has 7 nitrogen and oxygen atoms in total. The molecule has 210 valence electrons. The van der Waals surface area contributed by atoms with Gasteiger partial charge in [0.15, 0.2) is 0 Å². The number of carbonyl (C=O) groups is 2. The van der Waals surface area contributed by atoms with E-state index in [2.05, 4.69) is 12.2 Å². The van der Waals surface area contributed by atoms with Gasteiger partial charge in [0, 0.05) is 46.8 Å². The van der Waals surface area contributed by atoms with E-state index < -0.39 is 17.9 Å². The molecule has 5 rings (SSSR count). The van der Waals surface area contributed by atoms with Crippen LogP contribution in [0, 0.1) is 11.8 Å². The third kappa shape index (κ3) is 5.39. The van der Waals surface area contributed by atoms with E-state index in [1.165, 1.54) is 12.1 Å².